The molecule has 1 aromatic rings. The Bertz CT molecular complexity index is 514. The van der Waals surface area contributed by atoms with Crippen molar-refractivity contribution in [3.05, 3.63) is 30.1 Å². The molecular formula is C15H19FN2O2S. The van der Waals surface area contributed by atoms with Crippen molar-refractivity contribution in [3.8, 4) is 0 Å². The molecule has 2 heterocycles. The molecule has 3 rings (SSSR count). The van der Waals surface area contributed by atoms with Gasteiger partial charge in [0.2, 0.25) is 0 Å². The summed E-state index contributed by atoms with van der Waals surface area (Å²) in [4.78, 5) is 12.4. The highest BCUT2D eigenvalue weighted by Crippen LogP contribution is 2.34. The van der Waals surface area contributed by atoms with Crippen LogP contribution in [-0.2, 0) is 4.74 Å². The van der Waals surface area contributed by atoms with Crippen LogP contribution in [0.2, 0.25) is 0 Å². The Morgan fingerprint density at radius 3 is 2.95 bits per heavy atom. The summed E-state index contributed by atoms with van der Waals surface area (Å²) in [5, 5.41) is 5.77. The zero-order chi connectivity index (χ0) is 14.7. The second-order valence-corrected chi connectivity index (χ2v) is 6.53. The van der Waals surface area contributed by atoms with Gasteiger partial charge in [-0.3, -0.25) is 0 Å². The molecule has 2 aliphatic heterocycles. The van der Waals surface area contributed by atoms with Gasteiger partial charge >= 0.3 is 6.03 Å². The second kappa shape index (κ2) is 6.66. The number of nitrogens with one attached hydrogen (secondary N) is 2. The number of benzene rings is 1. The van der Waals surface area contributed by atoms with Gasteiger partial charge in [-0.1, -0.05) is 12.1 Å². The fourth-order valence-corrected chi connectivity index (χ4v) is 3.70. The maximum atomic E-state index is 13.4. The van der Waals surface area contributed by atoms with Crippen molar-refractivity contribution in [3.63, 3.8) is 0 Å². The van der Waals surface area contributed by atoms with Crippen LogP contribution in [0.1, 0.15) is 19.3 Å². The highest BCUT2D eigenvalue weighted by Gasteiger charge is 2.41. The lowest BCUT2D eigenvalue weighted by atomic mass is 9.96. The van der Waals surface area contributed by atoms with Gasteiger partial charge in [-0.05, 0) is 31.4 Å². The molecule has 3 atom stereocenters. The third kappa shape index (κ3) is 3.68. The van der Waals surface area contributed by atoms with E-state index in [0.717, 1.165) is 19.3 Å². The van der Waals surface area contributed by atoms with Gasteiger partial charge in [0.1, 0.15) is 5.82 Å². The second-order valence-electron chi connectivity index (χ2n) is 5.40. The number of hydrogen-bond acceptors (Lipinski definition) is 3. The maximum Gasteiger partial charge on any atom is 0.315 e. The van der Waals surface area contributed by atoms with Crippen molar-refractivity contribution in [1.82, 2.24) is 10.6 Å². The summed E-state index contributed by atoms with van der Waals surface area (Å²) in [5.74, 6) is 0.424. The zero-order valence-electron chi connectivity index (χ0n) is 11.7. The molecular weight excluding hydrogens is 291 g/mol. The largest absolute Gasteiger partial charge is 0.373 e. The minimum absolute atomic E-state index is 0.142. The van der Waals surface area contributed by atoms with Crippen LogP contribution in [0.15, 0.2) is 29.2 Å². The molecule has 2 aliphatic rings. The normalized spacial score (nSPS) is 26.8. The number of carbonyl (C=O) groups is 1. The van der Waals surface area contributed by atoms with Crippen LogP contribution in [-0.4, -0.2) is 36.6 Å². The Morgan fingerprint density at radius 2 is 2.24 bits per heavy atom. The molecule has 2 N–H and O–H groups in total. The average molecular weight is 310 g/mol. The molecule has 0 radical (unpaired) electrons. The molecule has 0 spiro atoms. The van der Waals surface area contributed by atoms with Crippen LogP contribution >= 0.6 is 11.8 Å². The lowest BCUT2D eigenvalue weighted by Crippen LogP contribution is -2.46. The number of carbonyl (C=O) groups excluding carboxylic acids is 1. The Balaban J connectivity index is 1.34. The van der Waals surface area contributed by atoms with Crippen molar-refractivity contribution in [2.24, 2.45) is 0 Å². The number of ether oxygens (including phenoxy) is 1. The van der Waals surface area contributed by atoms with Crippen LogP contribution in [0.3, 0.4) is 0 Å². The summed E-state index contributed by atoms with van der Waals surface area (Å²) < 4.78 is 19.1. The van der Waals surface area contributed by atoms with Crippen molar-refractivity contribution in [2.75, 3.05) is 12.3 Å². The minimum atomic E-state index is -0.217. The number of urea groups is 1. The van der Waals surface area contributed by atoms with Crippen LogP contribution in [0.5, 0.6) is 0 Å². The Hall–Kier alpha value is -1.27. The van der Waals surface area contributed by atoms with Gasteiger partial charge in [0.15, 0.2) is 0 Å². The monoisotopic (exact) mass is 310 g/mol. The van der Waals surface area contributed by atoms with Crippen molar-refractivity contribution in [2.45, 2.75) is 42.4 Å². The first kappa shape index (κ1) is 14.7. The molecule has 6 heteroatoms. The standard InChI is InChI=1S/C15H19FN2O2S/c16-11-3-1-2-4-14(11)21-8-7-17-15(19)18-12-9-10-5-6-13(12)20-10/h1-4,10,12-13H,5-9H2,(H2,17,18,19)/t10-,12-,13-/m1/s1. The molecule has 21 heavy (non-hydrogen) atoms. The highest BCUT2D eigenvalue weighted by molar-refractivity contribution is 7.99. The Labute approximate surface area is 127 Å². The van der Waals surface area contributed by atoms with Crippen LogP contribution in [0.4, 0.5) is 9.18 Å². The molecule has 2 fully saturated rings. The molecule has 2 saturated heterocycles. The molecule has 0 aromatic heterocycles. The van der Waals surface area contributed by atoms with E-state index in [1.807, 2.05) is 0 Å². The molecule has 114 valence electrons. The van der Waals surface area contributed by atoms with Crippen LogP contribution in [0.25, 0.3) is 0 Å². The van der Waals surface area contributed by atoms with Crippen LogP contribution in [0, 0.1) is 5.82 Å². The van der Waals surface area contributed by atoms with E-state index in [-0.39, 0.29) is 24.0 Å². The quantitative estimate of drug-likeness (QED) is 0.649. The first-order chi connectivity index (χ1) is 10.2. The Kier molecular flexibility index (Phi) is 4.65. The average Bonchev–Trinajstić information content (AvgIpc) is 3.08. The molecule has 2 amide bonds. The van der Waals surface area contributed by atoms with E-state index in [2.05, 4.69) is 10.6 Å². The van der Waals surface area contributed by atoms with Crippen molar-refractivity contribution >= 4 is 17.8 Å². The fourth-order valence-electron chi connectivity index (χ4n) is 2.90. The number of hydrogen-bond donors (Lipinski definition) is 2. The van der Waals surface area contributed by atoms with E-state index in [9.17, 15) is 9.18 Å². The first-order valence-electron chi connectivity index (χ1n) is 7.29. The first-order valence-corrected chi connectivity index (χ1v) is 8.28. The highest BCUT2D eigenvalue weighted by atomic mass is 32.2. The maximum absolute atomic E-state index is 13.4. The van der Waals surface area contributed by atoms with Gasteiger partial charge in [-0.2, -0.15) is 0 Å². The lowest BCUT2D eigenvalue weighted by molar-refractivity contribution is 0.0981. The summed E-state index contributed by atoms with van der Waals surface area (Å²) in [6.07, 6.45) is 3.59. The fraction of sp³-hybridized carbons (Fsp3) is 0.533. The SMILES string of the molecule is O=C(NCCSc1ccccc1F)N[C@@H]1C[C@H]2CC[C@H]1O2. The molecule has 2 bridgehead atoms. The van der Waals surface area contributed by atoms with Gasteiger partial charge in [0, 0.05) is 17.2 Å². The summed E-state index contributed by atoms with van der Waals surface area (Å²) in [6.45, 7) is 0.506. The number of fused-ring (bicyclic) bond motifs is 2. The van der Waals surface area contributed by atoms with Crippen molar-refractivity contribution < 1.29 is 13.9 Å². The zero-order valence-corrected chi connectivity index (χ0v) is 12.5. The molecule has 4 nitrogen and oxygen atoms in total. The molecule has 1 aromatic carbocycles. The number of halogens is 1. The Morgan fingerprint density at radius 1 is 1.38 bits per heavy atom. The predicted octanol–water partition coefficient (Wildman–Crippen LogP) is 2.54. The summed E-state index contributed by atoms with van der Waals surface area (Å²) in [6, 6.07) is 6.64. The number of rotatable bonds is 5. The minimum Gasteiger partial charge on any atom is -0.373 e. The number of thioether (sulfide) groups is 1. The molecule has 0 aliphatic carbocycles. The van der Waals surface area contributed by atoms with Gasteiger partial charge in [-0.15, -0.1) is 11.8 Å². The predicted molar refractivity (Wildman–Crippen MR) is 80.0 cm³/mol. The van der Waals surface area contributed by atoms with Gasteiger partial charge in [0.05, 0.1) is 18.2 Å². The lowest BCUT2D eigenvalue weighted by Gasteiger charge is -2.20. The molecule has 0 unspecified atom stereocenters. The third-order valence-electron chi connectivity index (χ3n) is 3.90. The van der Waals surface area contributed by atoms with Gasteiger partial charge in [-0.25, -0.2) is 9.18 Å². The van der Waals surface area contributed by atoms with E-state index in [1.165, 1.54) is 17.8 Å². The van der Waals surface area contributed by atoms with E-state index in [4.69, 9.17) is 4.74 Å². The van der Waals surface area contributed by atoms with Gasteiger partial charge in [0.25, 0.3) is 0 Å². The van der Waals surface area contributed by atoms with E-state index in [0.29, 0.717) is 23.3 Å². The summed E-state index contributed by atoms with van der Waals surface area (Å²) >= 11 is 1.40. The third-order valence-corrected chi connectivity index (χ3v) is 4.95. The van der Waals surface area contributed by atoms with E-state index in [1.54, 1.807) is 18.2 Å². The summed E-state index contributed by atoms with van der Waals surface area (Å²) in [7, 11) is 0. The smallest absolute Gasteiger partial charge is 0.315 e. The number of amides is 2. The topological polar surface area (TPSA) is 50.4 Å². The molecule has 0 saturated carbocycles. The summed E-state index contributed by atoms with van der Waals surface area (Å²) in [5.41, 5.74) is 0. The van der Waals surface area contributed by atoms with Crippen molar-refractivity contribution in [1.29, 1.82) is 0 Å². The van der Waals surface area contributed by atoms with Gasteiger partial charge < -0.3 is 15.4 Å². The van der Waals surface area contributed by atoms with E-state index >= 15 is 0 Å². The van der Waals surface area contributed by atoms with Crippen LogP contribution < -0.4 is 10.6 Å². The van der Waals surface area contributed by atoms with E-state index < -0.39 is 0 Å².